The van der Waals surface area contributed by atoms with Gasteiger partial charge in [0.15, 0.2) is 0 Å². The van der Waals surface area contributed by atoms with Crippen LogP contribution in [0, 0.1) is 13.0 Å². The van der Waals surface area contributed by atoms with Crippen LogP contribution in [0.15, 0.2) is 48.5 Å². The zero-order valence-electron chi connectivity index (χ0n) is 17.3. The number of methoxy groups -OCH3 is 1. The third-order valence-electron chi connectivity index (χ3n) is 4.78. The van der Waals surface area contributed by atoms with E-state index in [0.29, 0.717) is 12.1 Å². The first-order chi connectivity index (χ1) is 15.6. The minimum atomic E-state index is -5.12. The van der Waals surface area contributed by atoms with E-state index in [1.165, 1.54) is 13.0 Å². The van der Waals surface area contributed by atoms with Crippen LogP contribution < -0.4 is 9.47 Å². The van der Waals surface area contributed by atoms with Crippen LogP contribution in [0.2, 0.25) is 0 Å². The fourth-order valence-corrected chi connectivity index (χ4v) is 3.51. The molecule has 0 N–H and O–H groups in total. The smallest absolute Gasteiger partial charge is 0.496 e. The lowest BCUT2D eigenvalue weighted by atomic mass is 9.89. The van der Waals surface area contributed by atoms with Gasteiger partial charge in [0.05, 0.1) is 18.2 Å². The maximum absolute atomic E-state index is 14.1. The average molecular weight is 493 g/mol. The summed E-state index contributed by atoms with van der Waals surface area (Å²) in [7, 11) is 0.994. The maximum Gasteiger partial charge on any atom is 0.573 e. The van der Waals surface area contributed by atoms with Crippen molar-refractivity contribution in [3.8, 4) is 33.8 Å². The number of rotatable bonds is 4. The van der Waals surface area contributed by atoms with E-state index in [1.54, 1.807) is 0 Å². The average Bonchev–Trinajstić information content (AvgIpc) is 2.70. The number of halogens is 9. The third kappa shape index (κ3) is 5.40. The van der Waals surface area contributed by atoms with Crippen molar-refractivity contribution in [1.82, 2.24) is 0 Å². The lowest BCUT2D eigenvalue weighted by Crippen LogP contribution is -2.17. The Morgan fingerprint density at radius 2 is 1.38 bits per heavy atom. The largest absolute Gasteiger partial charge is 0.573 e. The third-order valence-corrected chi connectivity index (χ3v) is 4.78. The molecule has 11 heteroatoms. The molecule has 0 aliphatic heterocycles. The molecule has 0 aromatic heterocycles. The van der Waals surface area contributed by atoms with E-state index in [-0.39, 0.29) is 11.1 Å². The van der Waals surface area contributed by atoms with Crippen molar-refractivity contribution >= 4 is 0 Å². The van der Waals surface area contributed by atoms with Crippen molar-refractivity contribution in [3.05, 3.63) is 71.3 Å². The molecule has 0 spiro atoms. The van der Waals surface area contributed by atoms with Crippen molar-refractivity contribution in [3.63, 3.8) is 0 Å². The van der Waals surface area contributed by atoms with Crippen molar-refractivity contribution in [2.24, 2.45) is 0 Å². The number of alkyl halides is 9. The van der Waals surface area contributed by atoms with Gasteiger partial charge in [-0.2, -0.15) is 26.3 Å². The Kier molecular flexibility index (Phi) is 6.51. The van der Waals surface area contributed by atoms with Gasteiger partial charge in [0.2, 0.25) is 0 Å². The molecule has 0 saturated carbocycles. The van der Waals surface area contributed by atoms with Crippen LogP contribution in [0.3, 0.4) is 0 Å². The highest BCUT2D eigenvalue weighted by Gasteiger charge is 2.39. The molecule has 0 atom stereocenters. The molecular formula is C23H14F9O2. The van der Waals surface area contributed by atoms with Crippen LogP contribution in [0.5, 0.6) is 11.5 Å². The normalized spacial score (nSPS) is 12.6. The van der Waals surface area contributed by atoms with Gasteiger partial charge in [-0.05, 0) is 59.5 Å². The highest BCUT2D eigenvalue weighted by molar-refractivity contribution is 5.82. The van der Waals surface area contributed by atoms with Gasteiger partial charge in [-0.15, -0.1) is 13.2 Å². The molecule has 0 amide bonds. The molecule has 0 aliphatic carbocycles. The molecule has 0 aliphatic rings. The molecule has 34 heavy (non-hydrogen) atoms. The zero-order valence-corrected chi connectivity index (χ0v) is 17.3. The summed E-state index contributed by atoms with van der Waals surface area (Å²) in [6.07, 6.45) is -15.1. The number of hydrogen-bond acceptors (Lipinski definition) is 2. The Hall–Kier alpha value is -3.37. The summed E-state index contributed by atoms with van der Waals surface area (Å²) >= 11 is 0. The summed E-state index contributed by atoms with van der Waals surface area (Å²) < 4.78 is 129. The number of hydrogen-bond donors (Lipinski definition) is 0. The van der Waals surface area contributed by atoms with Crippen LogP contribution in [-0.2, 0) is 12.4 Å². The summed E-state index contributed by atoms with van der Waals surface area (Å²) in [5.74, 6) is -1.40. The Bertz CT molecular complexity index is 1190. The predicted octanol–water partition coefficient (Wildman–Crippen LogP) is 8.07. The van der Waals surface area contributed by atoms with Crippen molar-refractivity contribution < 1.29 is 49.0 Å². The molecule has 0 bridgehead atoms. The van der Waals surface area contributed by atoms with E-state index in [1.807, 2.05) is 0 Å². The Morgan fingerprint density at radius 1 is 0.735 bits per heavy atom. The molecule has 181 valence electrons. The van der Waals surface area contributed by atoms with Gasteiger partial charge in [0.25, 0.3) is 0 Å². The molecule has 0 fully saturated rings. The summed E-state index contributed by atoms with van der Waals surface area (Å²) in [5, 5.41) is 0. The second-order valence-corrected chi connectivity index (χ2v) is 7.08. The molecule has 3 aromatic carbocycles. The Labute approximate surface area is 187 Å². The summed E-state index contributed by atoms with van der Waals surface area (Å²) in [4.78, 5) is 0. The van der Waals surface area contributed by atoms with Crippen molar-refractivity contribution in [1.29, 1.82) is 0 Å². The molecule has 2 nitrogen and oxygen atoms in total. The minimum absolute atomic E-state index is 0.0629. The second kappa shape index (κ2) is 8.77. The number of aryl methyl sites for hydroxylation is 1. The first-order valence-electron chi connectivity index (χ1n) is 9.36. The van der Waals surface area contributed by atoms with Gasteiger partial charge in [-0.25, -0.2) is 0 Å². The van der Waals surface area contributed by atoms with Gasteiger partial charge in [-0.1, -0.05) is 18.2 Å². The van der Waals surface area contributed by atoms with Crippen molar-refractivity contribution in [2.75, 3.05) is 7.11 Å². The van der Waals surface area contributed by atoms with Crippen LogP contribution in [0.1, 0.15) is 16.7 Å². The fraction of sp³-hybridized carbons (Fsp3) is 0.217. The van der Waals surface area contributed by atoms with Gasteiger partial charge in [-0.3, -0.25) is 0 Å². The van der Waals surface area contributed by atoms with Crippen LogP contribution in [0.25, 0.3) is 22.3 Å². The lowest BCUT2D eigenvalue weighted by Gasteiger charge is -2.21. The Morgan fingerprint density at radius 3 is 1.94 bits per heavy atom. The SMILES string of the molecule is COc1cc(-c2c(C)cccc2C(F)(F)F)cc(C(F)(F)F)c1-c1cc[c]c(OC(F)(F)F)c1. The number of ether oxygens (including phenoxy) is 2. The first-order valence-corrected chi connectivity index (χ1v) is 9.36. The maximum atomic E-state index is 14.1. The molecular weight excluding hydrogens is 479 g/mol. The van der Waals surface area contributed by atoms with E-state index >= 15 is 0 Å². The minimum Gasteiger partial charge on any atom is -0.496 e. The summed E-state index contributed by atoms with van der Waals surface area (Å²) in [6.45, 7) is 1.31. The summed E-state index contributed by atoms with van der Waals surface area (Å²) in [6, 6.07) is 9.42. The van der Waals surface area contributed by atoms with Crippen LogP contribution >= 0.6 is 0 Å². The van der Waals surface area contributed by atoms with E-state index in [4.69, 9.17) is 4.74 Å². The van der Waals surface area contributed by atoms with E-state index in [0.717, 1.165) is 37.4 Å². The highest BCUT2D eigenvalue weighted by Crippen LogP contribution is 2.47. The first kappa shape index (κ1) is 25.3. The Balaban J connectivity index is 2.33. The topological polar surface area (TPSA) is 18.5 Å². The second-order valence-electron chi connectivity index (χ2n) is 7.08. The summed E-state index contributed by atoms with van der Waals surface area (Å²) in [5.41, 5.74) is -4.42. The molecule has 0 saturated heterocycles. The zero-order chi connectivity index (χ0) is 25.5. The fourth-order valence-electron chi connectivity index (χ4n) is 3.51. The predicted molar refractivity (Wildman–Crippen MR) is 104 cm³/mol. The van der Waals surface area contributed by atoms with Gasteiger partial charge < -0.3 is 9.47 Å². The quantitative estimate of drug-likeness (QED) is 0.342. The van der Waals surface area contributed by atoms with Gasteiger partial charge in [0, 0.05) is 11.6 Å². The molecule has 0 heterocycles. The molecule has 1 radical (unpaired) electrons. The standard InChI is InChI=1S/C23H14F9O2/c1-12-5-3-8-16(21(24,25)26)19(12)14-10-17(22(27,28)29)20(18(11-14)33-2)13-6-4-7-15(9-13)34-23(30,31)32/h3-6,8-11H,1-2H3. The molecule has 0 unspecified atom stereocenters. The highest BCUT2D eigenvalue weighted by atomic mass is 19.4. The van der Waals surface area contributed by atoms with E-state index < -0.39 is 58.0 Å². The van der Waals surface area contributed by atoms with E-state index in [9.17, 15) is 39.5 Å². The van der Waals surface area contributed by atoms with Gasteiger partial charge in [0.1, 0.15) is 11.5 Å². The van der Waals surface area contributed by atoms with E-state index in [2.05, 4.69) is 10.8 Å². The molecule has 3 aromatic rings. The van der Waals surface area contributed by atoms with Crippen LogP contribution in [-0.4, -0.2) is 13.5 Å². The van der Waals surface area contributed by atoms with Crippen molar-refractivity contribution in [2.45, 2.75) is 25.6 Å². The molecule has 3 rings (SSSR count). The van der Waals surface area contributed by atoms with Gasteiger partial charge >= 0.3 is 18.7 Å². The monoisotopic (exact) mass is 493 g/mol. The lowest BCUT2D eigenvalue weighted by molar-refractivity contribution is -0.274. The van der Waals surface area contributed by atoms with Crippen LogP contribution in [0.4, 0.5) is 39.5 Å². The number of benzene rings is 3.